The van der Waals surface area contributed by atoms with Gasteiger partial charge in [-0.1, -0.05) is 60.7 Å². The molecular formula is C21H21NO2. The topological polar surface area (TPSA) is 29.5 Å². The fourth-order valence-electron chi connectivity index (χ4n) is 3.67. The van der Waals surface area contributed by atoms with Crippen molar-refractivity contribution in [3.63, 3.8) is 0 Å². The van der Waals surface area contributed by atoms with Gasteiger partial charge in [0.2, 0.25) is 5.91 Å². The fourth-order valence-corrected chi connectivity index (χ4v) is 3.67. The molecule has 3 heteroatoms. The zero-order valence-electron chi connectivity index (χ0n) is 14.2. The van der Waals surface area contributed by atoms with Crippen molar-refractivity contribution in [2.75, 3.05) is 0 Å². The number of benzene rings is 2. The minimum atomic E-state index is -0.466. The van der Waals surface area contributed by atoms with Gasteiger partial charge < -0.3 is 4.74 Å². The highest BCUT2D eigenvalue weighted by atomic mass is 16.5. The van der Waals surface area contributed by atoms with E-state index < -0.39 is 10.8 Å². The third-order valence-electron chi connectivity index (χ3n) is 5.35. The number of β-lactam (4-membered cyclic amide) rings is 1. The summed E-state index contributed by atoms with van der Waals surface area (Å²) < 4.78 is 6.29. The second kappa shape index (κ2) is 4.97. The summed E-state index contributed by atoms with van der Waals surface area (Å²) in [5.41, 5.74) is 1.40. The highest BCUT2D eigenvalue weighted by Crippen LogP contribution is 2.50. The molecule has 2 heterocycles. The Kier molecular flexibility index (Phi) is 3.11. The number of ether oxygens (including phenoxy) is 1. The van der Waals surface area contributed by atoms with Gasteiger partial charge in [0.1, 0.15) is 11.2 Å². The lowest BCUT2D eigenvalue weighted by atomic mass is 9.75. The Labute approximate surface area is 142 Å². The Balaban J connectivity index is 1.83. The summed E-state index contributed by atoms with van der Waals surface area (Å²) in [6.45, 7) is 6.04. The molecule has 0 aliphatic carbocycles. The number of carbonyl (C=O) groups excluding carboxylic acids is 1. The minimum Gasteiger partial charge on any atom is -0.470 e. The van der Waals surface area contributed by atoms with Crippen molar-refractivity contribution in [3.8, 4) is 0 Å². The van der Waals surface area contributed by atoms with Crippen LogP contribution < -0.4 is 0 Å². The van der Waals surface area contributed by atoms with E-state index in [4.69, 9.17) is 4.74 Å². The van der Waals surface area contributed by atoms with Crippen LogP contribution in [0.15, 0.2) is 72.6 Å². The van der Waals surface area contributed by atoms with Gasteiger partial charge >= 0.3 is 0 Å². The van der Waals surface area contributed by atoms with E-state index >= 15 is 0 Å². The average molecular weight is 319 g/mol. The maximum Gasteiger partial charge on any atom is 0.241 e. The van der Waals surface area contributed by atoms with Crippen LogP contribution in [-0.4, -0.2) is 17.0 Å². The molecule has 24 heavy (non-hydrogen) atoms. The van der Waals surface area contributed by atoms with Gasteiger partial charge in [-0.3, -0.25) is 9.69 Å². The molecule has 0 bridgehead atoms. The Bertz CT molecular complexity index is 769. The van der Waals surface area contributed by atoms with Crippen LogP contribution in [-0.2, 0) is 14.9 Å². The summed E-state index contributed by atoms with van der Waals surface area (Å²) in [5, 5.41) is 0. The van der Waals surface area contributed by atoms with Crippen LogP contribution in [0.1, 0.15) is 31.9 Å². The monoisotopic (exact) mass is 319 g/mol. The van der Waals surface area contributed by atoms with Crippen LogP contribution in [0.2, 0.25) is 0 Å². The van der Waals surface area contributed by atoms with Gasteiger partial charge in [-0.05, 0) is 31.9 Å². The summed E-state index contributed by atoms with van der Waals surface area (Å²) >= 11 is 0. The highest BCUT2D eigenvalue weighted by molar-refractivity contribution is 5.90. The first-order chi connectivity index (χ1) is 11.5. The molecule has 1 fully saturated rings. The van der Waals surface area contributed by atoms with Gasteiger partial charge in [0.15, 0.2) is 6.23 Å². The summed E-state index contributed by atoms with van der Waals surface area (Å²) in [7, 11) is 0. The maximum atomic E-state index is 12.3. The zero-order valence-corrected chi connectivity index (χ0v) is 14.2. The molecule has 2 aliphatic heterocycles. The molecule has 1 amide bonds. The molecular weight excluding hydrogens is 298 g/mol. The van der Waals surface area contributed by atoms with E-state index in [1.807, 2.05) is 56.4 Å². The molecule has 4 rings (SSSR count). The molecule has 122 valence electrons. The van der Waals surface area contributed by atoms with Gasteiger partial charge in [0, 0.05) is 6.20 Å². The Hall–Kier alpha value is -2.55. The predicted molar refractivity (Wildman–Crippen MR) is 92.9 cm³/mol. The van der Waals surface area contributed by atoms with Gasteiger partial charge in [-0.2, -0.15) is 0 Å². The van der Waals surface area contributed by atoms with Gasteiger partial charge in [-0.15, -0.1) is 0 Å². The first kappa shape index (κ1) is 15.0. The second-order valence-corrected chi connectivity index (χ2v) is 7.25. The number of carbonyl (C=O) groups is 1. The van der Waals surface area contributed by atoms with Crippen molar-refractivity contribution in [2.45, 2.75) is 32.4 Å². The number of hydrogen-bond acceptors (Lipinski definition) is 2. The third-order valence-corrected chi connectivity index (χ3v) is 5.35. The van der Waals surface area contributed by atoms with Crippen molar-refractivity contribution < 1.29 is 9.53 Å². The molecule has 0 saturated carbocycles. The van der Waals surface area contributed by atoms with Crippen molar-refractivity contribution in [1.82, 2.24) is 4.90 Å². The normalized spacial score (nSPS) is 21.6. The van der Waals surface area contributed by atoms with Crippen molar-refractivity contribution >= 4 is 5.91 Å². The molecule has 3 nitrogen and oxygen atoms in total. The first-order valence-corrected chi connectivity index (χ1v) is 8.28. The van der Waals surface area contributed by atoms with Crippen molar-refractivity contribution in [1.29, 1.82) is 0 Å². The Morgan fingerprint density at radius 2 is 1.46 bits per heavy atom. The van der Waals surface area contributed by atoms with E-state index in [0.29, 0.717) is 0 Å². The summed E-state index contributed by atoms with van der Waals surface area (Å²) in [4.78, 5) is 14.0. The molecule has 1 atom stereocenters. The molecule has 0 N–H and O–H groups in total. The molecule has 2 aromatic rings. The maximum absolute atomic E-state index is 12.3. The number of nitrogens with zero attached hydrogens (tertiary/aromatic N) is 1. The number of allylic oxidation sites excluding steroid dienone is 1. The number of amides is 1. The van der Waals surface area contributed by atoms with Gasteiger partial charge in [0.25, 0.3) is 0 Å². The van der Waals surface area contributed by atoms with Crippen molar-refractivity contribution in [3.05, 3.63) is 83.7 Å². The summed E-state index contributed by atoms with van der Waals surface area (Å²) in [6, 6.07) is 20.6. The Morgan fingerprint density at radius 1 is 0.958 bits per heavy atom. The lowest BCUT2D eigenvalue weighted by Gasteiger charge is -2.46. The number of hydrogen-bond donors (Lipinski definition) is 0. The number of fused-ring (bicyclic) bond motifs is 1. The van der Waals surface area contributed by atoms with Crippen molar-refractivity contribution in [2.24, 2.45) is 5.41 Å². The third kappa shape index (κ3) is 1.87. The van der Waals surface area contributed by atoms with Crippen LogP contribution >= 0.6 is 0 Å². The van der Waals surface area contributed by atoms with E-state index in [1.54, 1.807) is 4.90 Å². The fraction of sp³-hybridized carbons (Fsp3) is 0.286. The van der Waals surface area contributed by atoms with Gasteiger partial charge in [-0.25, -0.2) is 0 Å². The lowest BCUT2D eigenvalue weighted by Crippen LogP contribution is -2.62. The summed E-state index contributed by atoms with van der Waals surface area (Å²) in [6.07, 6.45) is 1.69. The average Bonchev–Trinajstić information content (AvgIpc) is 3.06. The van der Waals surface area contributed by atoms with Crippen LogP contribution in [0.5, 0.6) is 0 Å². The summed E-state index contributed by atoms with van der Waals surface area (Å²) in [5.74, 6) is 0.940. The predicted octanol–water partition coefficient (Wildman–Crippen LogP) is 4.06. The van der Waals surface area contributed by atoms with E-state index in [0.717, 1.165) is 16.9 Å². The largest absolute Gasteiger partial charge is 0.470 e. The number of rotatable bonds is 3. The van der Waals surface area contributed by atoms with E-state index in [1.165, 1.54) is 0 Å². The van der Waals surface area contributed by atoms with Crippen LogP contribution in [0.3, 0.4) is 0 Å². The quantitative estimate of drug-likeness (QED) is 0.799. The molecule has 1 unspecified atom stereocenters. The smallest absolute Gasteiger partial charge is 0.241 e. The zero-order chi connectivity index (χ0) is 16.9. The van der Waals surface area contributed by atoms with Crippen LogP contribution in [0, 0.1) is 5.41 Å². The SMILES string of the molecule is CC(C1=CN2C(=O)C(C)(C)C2O1)(c1ccccc1)c1ccccc1. The molecule has 0 aromatic heterocycles. The molecule has 0 spiro atoms. The highest BCUT2D eigenvalue weighted by Gasteiger charge is 2.60. The van der Waals surface area contributed by atoms with E-state index in [9.17, 15) is 4.79 Å². The molecule has 2 aromatic carbocycles. The molecule has 0 radical (unpaired) electrons. The van der Waals surface area contributed by atoms with Crippen LogP contribution in [0.25, 0.3) is 0 Å². The second-order valence-electron chi connectivity index (χ2n) is 7.25. The standard InChI is InChI=1S/C21H21NO2/c1-20(2)18(23)22-14-17(24-19(20)22)21(3,15-10-6-4-7-11-15)16-12-8-5-9-13-16/h4-14,19H,1-3H3. The van der Waals surface area contributed by atoms with E-state index in [-0.39, 0.29) is 12.1 Å². The van der Waals surface area contributed by atoms with Gasteiger partial charge in [0.05, 0.1) is 5.41 Å². The Morgan fingerprint density at radius 3 is 1.92 bits per heavy atom. The van der Waals surface area contributed by atoms with E-state index in [2.05, 4.69) is 31.2 Å². The lowest BCUT2D eigenvalue weighted by molar-refractivity contribution is -0.185. The molecule has 1 saturated heterocycles. The molecule has 2 aliphatic rings. The van der Waals surface area contributed by atoms with Crippen LogP contribution in [0.4, 0.5) is 0 Å². The first-order valence-electron chi connectivity index (χ1n) is 8.28. The minimum absolute atomic E-state index is 0.117.